The Bertz CT molecular complexity index is 665. The summed E-state index contributed by atoms with van der Waals surface area (Å²) in [6.07, 6.45) is 8.13. The molecule has 3 rings (SSSR count). The number of para-hydroxylation sites is 1. The van der Waals surface area contributed by atoms with Crippen LogP contribution in [0.4, 0.5) is 4.79 Å². The van der Waals surface area contributed by atoms with Crippen LogP contribution in [0.3, 0.4) is 0 Å². The topological polar surface area (TPSA) is 70.7 Å². The fourth-order valence-electron chi connectivity index (χ4n) is 4.41. The first-order chi connectivity index (χ1) is 14.2. The minimum absolute atomic E-state index is 0.129. The van der Waals surface area contributed by atoms with Gasteiger partial charge in [-0.05, 0) is 50.7 Å². The van der Waals surface area contributed by atoms with Gasteiger partial charge in [0.15, 0.2) is 0 Å². The van der Waals surface area contributed by atoms with Crippen molar-refractivity contribution in [3.63, 3.8) is 0 Å². The average Bonchev–Trinajstić information content (AvgIpc) is 2.76. The van der Waals surface area contributed by atoms with Crippen LogP contribution in [0.5, 0.6) is 5.75 Å². The van der Waals surface area contributed by atoms with E-state index in [0.29, 0.717) is 19.1 Å². The van der Waals surface area contributed by atoms with Gasteiger partial charge in [0.05, 0.1) is 6.61 Å². The molecule has 160 valence electrons. The Morgan fingerprint density at radius 2 is 1.79 bits per heavy atom. The Hall–Kier alpha value is -2.24. The van der Waals surface area contributed by atoms with Crippen molar-refractivity contribution >= 4 is 11.9 Å². The summed E-state index contributed by atoms with van der Waals surface area (Å²) in [7, 11) is 0. The van der Waals surface area contributed by atoms with Crippen LogP contribution in [0.25, 0.3) is 0 Å². The van der Waals surface area contributed by atoms with Crippen molar-refractivity contribution in [2.45, 2.75) is 64.3 Å². The van der Waals surface area contributed by atoms with Gasteiger partial charge < -0.3 is 20.3 Å². The van der Waals surface area contributed by atoms with E-state index in [0.717, 1.165) is 56.5 Å². The van der Waals surface area contributed by atoms with Crippen molar-refractivity contribution in [1.29, 1.82) is 0 Å². The van der Waals surface area contributed by atoms with Crippen molar-refractivity contribution < 1.29 is 14.3 Å². The summed E-state index contributed by atoms with van der Waals surface area (Å²) in [5.41, 5.74) is 1.10. The highest BCUT2D eigenvalue weighted by molar-refractivity contribution is 5.79. The number of nitrogens with one attached hydrogen (secondary N) is 2. The molecule has 2 aliphatic rings. The molecule has 1 aromatic carbocycles. The second kappa shape index (κ2) is 11.1. The predicted molar refractivity (Wildman–Crippen MR) is 114 cm³/mol. The van der Waals surface area contributed by atoms with Gasteiger partial charge in [-0.3, -0.25) is 4.79 Å². The maximum Gasteiger partial charge on any atom is 0.315 e. The molecule has 2 fully saturated rings. The van der Waals surface area contributed by atoms with Crippen LogP contribution in [-0.4, -0.2) is 49.1 Å². The maximum absolute atomic E-state index is 12.6. The molecule has 1 saturated carbocycles. The Morgan fingerprint density at radius 3 is 2.52 bits per heavy atom. The molecule has 1 aliphatic heterocycles. The van der Waals surface area contributed by atoms with E-state index in [1.165, 1.54) is 19.3 Å². The number of urea groups is 1. The molecule has 0 spiro atoms. The molecule has 1 heterocycles. The summed E-state index contributed by atoms with van der Waals surface area (Å²) in [6.45, 7) is 4.67. The minimum Gasteiger partial charge on any atom is -0.494 e. The number of nitrogens with zero attached hydrogens (tertiary/aromatic N) is 1. The molecule has 1 saturated heterocycles. The molecule has 0 aromatic heterocycles. The third-order valence-electron chi connectivity index (χ3n) is 6.05. The van der Waals surface area contributed by atoms with Gasteiger partial charge in [0.2, 0.25) is 5.91 Å². The number of carbonyl (C=O) groups is 2. The molecule has 3 amide bonds. The monoisotopic (exact) mass is 401 g/mol. The highest BCUT2D eigenvalue weighted by atomic mass is 16.5. The molecule has 1 aliphatic carbocycles. The summed E-state index contributed by atoms with van der Waals surface area (Å²) >= 11 is 0. The van der Waals surface area contributed by atoms with E-state index in [1.807, 2.05) is 36.1 Å². The third-order valence-corrected chi connectivity index (χ3v) is 6.05. The van der Waals surface area contributed by atoms with Crippen LogP contribution in [0.1, 0.15) is 57.4 Å². The lowest BCUT2D eigenvalue weighted by Crippen LogP contribution is -2.50. The number of piperidine rings is 1. The zero-order valence-corrected chi connectivity index (χ0v) is 17.6. The molecule has 1 aromatic rings. The van der Waals surface area contributed by atoms with E-state index >= 15 is 0 Å². The van der Waals surface area contributed by atoms with E-state index in [1.54, 1.807) is 0 Å². The molecule has 6 heteroatoms. The number of benzene rings is 1. The van der Waals surface area contributed by atoms with Gasteiger partial charge >= 0.3 is 6.03 Å². The normalized spacial score (nSPS) is 18.3. The average molecular weight is 402 g/mol. The van der Waals surface area contributed by atoms with Gasteiger partial charge in [-0.25, -0.2) is 4.79 Å². The lowest BCUT2D eigenvalue weighted by molar-refractivity contribution is -0.137. The maximum atomic E-state index is 12.6. The first-order valence-electron chi connectivity index (χ1n) is 11.2. The van der Waals surface area contributed by atoms with E-state index < -0.39 is 0 Å². The Labute approximate surface area is 174 Å². The second-order valence-electron chi connectivity index (χ2n) is 8.13. The number of hydrogen-bond acceptors (Lipinski definition) is 3. The fraction of sp³-hybridized carbons (Fsp3) is 0.652. The highest BCUT2D eigenvalue weighted by Crippen LogP contribution is 2.26. The first-order valence-corrected chi connectivity index (χ1v) is 11.2. The predicted octanol–water partition coefficient (Wildman–Crippen LogP) is 3.50. The van der Waals surface area contributed by atoms with Crippen molar-refractivity contribution in [3.05, 3.63) is 29.8 Å². The number of hydrogen-bond donors (Lipinski definition) is 2. The summed E-state index contributed by atoms with van der Waals surface area (Å²) in [5.74, 6) is 1.45. The van der Waals surface area contributed by atoms with E-state index in [-0.39, 0.29) is 18.0 Å². The Kier molecular flexibility index (Phi) is 8.20. The fourth-order valence-corrected chi connectivity index (χ4v) is 4.41. The van der Waals surface area contributed by atoms with E-state index in [4.69, 9.17) is 4.74 Å². The molecule has 29 heavy (non-hydrogen) atoms. The van der Waals surface area contributed by atoms with Crippen LogP contribution in [0, 0.1) is 5.92 Å². The molecular formula is C23H35N3O3. The zero-order valence-electron chi connectivity index (χ0n) is 17.6. The Balaban J connectivity index is 1.35. The Morgan fingerprint density at radius 1 is 1.07 bits per heavy atom. The standard InChI is InChI=1S/C23H35N3O3/c1-2-29-21-11-7-6-8-18(21)12-15-24-23(28)25-20-13-16-26(17-14-20)22(27)19-9-4-3-5-10-19/h6-8,11,19-20H,2-5,9-10,12-17H2,1H3,(H2,24,25,28). The van der Waals surface area contributed by atoms with Crippen molar-refractivity contribution in [2.75, 3.05) is 26.2 Å². The molecule has 2 N–H and O–H groups in total. The largest absolute Gasteiger partial charge is 0.494 e. The molecule has 0 bridgehead atoms. The molecule has 0 radical (unpaired) electrons. The van der Waals surface area contributed by atoms with Gasteiger partial charge in [-0.15, -0.1) is 0 Å². The SMILES string of the molecule is CCOc1ccccc1CCNC(=O)NC1CCN(C(=O)C2CCCCC2)CC1. The zero-order chi connectivity index (χ0) is 20.5. The lowest BCUT2D eigenvalue weighted by atomic mass is 9.87. The van der Waals surface area contributed by atoms with E-state index in [9.17, 15) is 9.59 Å². The number of likely N-dealkylation sites (tertiary alicyclic amines) is 1. The number of ether oxygens (including phenoxy) is 1. The van der Waals surface area contributed by atoms with Gasteiger partial charge in [0, 0.05) is 31.6 Å². The number of amides is 3. The third kappa shape index (κ3) is 6.38. The number of carbonyl (C=O) groups excluding carboxylic acids is 2. The van der Waals surface area contributed by atoms with E-state index in [2.05, 4.69) is 10.6 Å². The summed E-state index contributed by atoms with van der Waals surface area (Å²) in [5, 5.41) is 6.01. The minimum atomic E-state index is -0.129. The lowest BCUT2D eigenvalue weighted by Gasteiger charge is -2.35. The molecule has 0 atom stereocenters. The van der Waals surface area contributed by atoms with Crippen molar-refractivity contribution in [3.8, 4) is 5.75 Å². The molecule has 6 nitrogen and oxygen atoms in total. The first kappa shape index (κ1) is 21.5. The van der Waals surface area contributed by atoms with Gasteiger partial charge in [0.25, 0.3) is 0 Å². The van der Waals surface area contributed by atoms with Crippen molar-refractivity contribution in [2.24, 2.45) is 5.92 Å². The van der Waals surface area contributed by atoms with Gasteiger partial charge in [-0.2, -0.15) is 0 Å². The second-order valence-corrected chi connectivity index (χ2v) is 8.13. The quantitative estimate of drug-likeness (QED) is 0.735. The van der Waals surface area contributed by atoms with Crippen LogP contribution in [0.2, 0.25) is 0 Å². The van der Waals surface area contributed by atoms with Crippen molar-refractivity contribution in [1.82, 2.24) is 15.5 Å². The summed E-state index contributed by atoms with van der Waals surface area (Å²) < 4.78 is 5.63. The molecular weight excluding hydrogens is 366 g/mol. The van der Waals surface area contributed by atoms with Gasteiger partial charge in [-0.1, -0.05) is 37.5 Å². The van der Waals surface area contributed by atoms with Crippen LogP contribution in [-0.2, 0) is 11.2 Å². The smallest absolute Gasteiger partial charge is 0.315 e. The van der Waals surface area contributed by atoms with Gasteiger partial charge in [0.1, 0.15) is 5.75 Å². The summed E-state index contributed by atoms with van der Waals surface area (Å²) in [4.78, 5) is 26.9. The highest BCUT2D eigenvalue weighted by Gasteiger charge is 2.29. The summed E-state index contributed by atoms with van der Waals surface area (Å²) in [6, 6.07) is 7.95. The molecule has 0 unspecified atom stereocenters. The number of rotatable bonds is 7. The van der Waals surface area contributed by atoms with Crippen LogP contribution < -0.4 is 15.4 Å². The van der Waals surface area contributed by atoms with Crippen LogP contribution in [0.15, 0.2) is 24.3 Å². The van der Waals surface area contributed by atoms with Crippen LogP contribution >= 0.6 is 0 Å².